The third kappa shape index (κ3) is 1.23. The highest BCUT2D eigenvalue weighted by molar-refractivity contribution is 5.94. The highest BCUT2D eigenvalue weighted by Gasteiger charge is 2.05. The number of nitrogens with two attached hydrogens (primary N) is 1. The van der Waals surface area contributed by atoms with Crippen LogP contribution in [0, 0.1) is 20.8 Å². The molecular weight excluding hydrogens is 172 g/mol. The van der Waals surface area contributed by atoms with E-state index in [0.717, 1.165) is 27.8 Å². The van der Waals surface area contributed by atoms with Crippen molar-refractivity contribution in [2.75, 3.05) is 5.73 Å². The number of aromatic nitrogens is 1. The highest BCUT2D eigenvalue weighted by atomic mass is 14.7. The maximum atomic E-state index is 6.03. The van der Waals surface area contributed by atoms with Crippen molar-refractivity contribution >= 4 is 16.6 Å². The largest absolute Gasteiger partial charge is 0.398 e. The Morgan fingerprint density at radius 3 is 2.50 bits per heavy atom. The van der Waals surface area contributed by atoms with Gasteiger partial charge in [-0.15, -0.1) is 0 Å². The molecule has 0 saturated heterocycles. The summed E-state index contributed by atoms with van der Waals surface area (Å²) in [4.78, 5) is 4.46. The molecule has 0 saturated carbocycles. The minimum absolute atomic E-state index is 0.854. The molecule has 0 aliphatic rings. The van der Waals surface area contributed by atoms with Crippen LogP contribution in [0.4, 0.5) is 5.69 Å². The zero-order valence-electron chi connectivity index (χ0n) is 8.76. The number of nitrogen functional groups attached to an aromatic ring is 1. The summed E-state index contributed by atoms with van der Waals surface area (Å²) in [5.74, 6) is 0. The maximum absolute atomic E-state index is 6.03. The van der Waals surface area contributed by atoms with Gasteiger partial charge < -0.3 is 5.73 Å². The van der Waals surface area contributed by atoms with Crippen molar-refractivity contribution in [3.8, 4) is 0 Å². The van der Waals surface area contributed by atoms with E-state index < -0.39 is 0 Å². The van der Waals surface area contributed by atoms with Crippen LogP contribution in [0.2, 0.25) is 0 Å². The maximum Gasteiger partial charge on any atom is 0.0728 e. The van der Waals surface area contributed by atoms with Gasteiger partial charge in [-0.25, -0.2) is 0 Å². The first-order chi connectivity index (χ1) is 6.59. The smallest absolute Gasteiger partial charge is 0.0728 e. The van der Waals surface area contributed by atoms with Crippen LogP contribution in [-0.2, 0) is 0 Å². The molecule has 0 bridgehead atoms. The summed E-state index contributed by atoms with van der Waals surface area (Å²) in [6, 6.07) is 6.11. The fourth-order valence-electron chi connectivity index (χ4n) is 1.83. The van der Waals surface area contributed by atoms with Crippen LogP contribution in [0.5, 0.6) is 0 Å². The number of fused-ring (bicyclic) bond motifs is 1. The van der Waals surface area contributed by atoms with Gasteiger partial charge in [-0.1, -0.05) is 6.07 Å². The summed E-state index contributed by atoms with van der Waals surface area (Å²) >= 11 is 0. The first-order valence-electron chi connectivity index (χ1n) is 4.72. The van der Waals surface area contributed by atoms with Gasteiger partial charge in [0, 0.05) is 16.8 Å². The molecular formula is C12H14N2. The summed E-state index contributed by atoms with van der Waals surface area (Å²) in [5.41, 5.74) is 11.2. The molecule has 1 heterocycles. The van der Waals surface area contributed by atoms with Crippen LogP contribution in [0.1, 0.15) is 16.8 Å². The third-order valence-corrected chi connectivity index (χ3v) is 2.56. The van der Waals surface area contributed by atoms with Crippen molar-refractivity contribution in [3.05, 3.63) is 35.0 Å². The molecule has 1 aromatic heterocycles. The lowest BCUT2D eigenvalue weighted by molar-refractivity contribution is 1.23. The Morgan fingerprint density at radius 2 is 1.79 bits per heavy atom. The summed E-state index contributed by atoms with van der Waals surface area (Å²) < 4.78 is 0. The van der Waals surface area contributed by atoms with Crippen LogP contribution < -0.4 is 5.73 Å². The molecule has 2 rings (SSSR count). The Bertz CT molecular complexity index is 501. The Morgan fingerprint density at radius 1 is 1.07 bits per heavy atom. The number of hydrogen-bond donors (Lipinski definition) is 1. The van der Waals surface area contributed by atoms with Crippen LogP contribution in [0.25, 0.3) is 10.9 Å². The zero-order valence-corrected chi connectivity index (χ0v) is 8.76. The van der Waals surface area contributed by atoms with Crippen molar-refractivity contribution in [1.29, 1.82) is 0 Å². The summed E-state index contributed by atoms with van der Waals surface area (Å²) in [6.45, 7) is 6.10. The standard InChI is InChI=1S/C12H14N2/c1-7-4-5-10-11(12(7)13)8(2)6-9(3)14-10/h4-6H,13H2,1-3H3. The van der Waals surface area contributed by atoms with E-state index in [4.69, 9.17) is 5.73 Å². The fraction of sp³-hybridized carbons (Fsp3) is 0.250. The average Bonchev–Trinajstić information content (AvgIpc) is 2.10. The molecule has 0 amide bonds. The number of hydrogen-bond acceptors (Lipinski definition) is 2. The molecule has 0 spiro atoms. The van der Waals surface area contributed by atoms with E-state index in [2.05, 4.69) is 18.0 Å². The van der Waals surface area contributed by atoms with Crippen LogP contribution >= 0.6 is 0 Å². The van der Waals surface area contributed by atoms with Crippen molar-refractivity contribution in [3.63, 3.8) is 0 Å². The first-order valence-corrected chi connectivity index (χ1v) is 4.72. The lowest BCUT2D eigenvalue weighted by Crippen LogP contribution is -1.95. The zero-order chi connectivity index (χ0) is 10.3. The lowest BCUT2D eigenvalue weighted by atomic mass is 10.0. The quantitative estimate of drug-likeness (QED) is 0.642. The predicted octanol–water partition coefficient (Wildman–Crippen LogP) is 2.74. The summed E-state index contributed by atoms with van der Waals surface area (Å²) in [5, 5.41) is 1.09. The molecule has 2 N–H and O–H groups in total. The van der Waals surface area contributed by atoms with Gasteiger partial charge in [0.1, 0.15) is 0 Å². The number of nitrogens with zero attached hydrogens (tertiary/aromatic N) is 1. The van der Waals surface area contributed by atoms with E-state index >= 15 is 0 Å². The predicted molar refractivity (Wildman–Crippen MR) is 60.4 cm³/mol. The van der Waals surface area contributed by atoms with E-state index in [1.165, 1.54) is 5.56 Å². The Balaban J connectivity index is 2.95. The topological polar surface area (TPSA) is 38.9 Å². The average molecular weight is 186 g/mol. The van der Waals surface area contributed by atoms with Gasteiger partial charge in [-0.3, -0.25) is 4.98 Å². The van der Waals surface area contributed by atoms with E-state index in [1.807, 2.05) is 26.0 Å². The van der Waals surface area contributed by atoms with Gasteiger partial charge >= 0.3 is 0 Å². The van der Waals surface area contributed by atoms with Crippen LogP contribution in [0.15, 0.2) is 18.2 Å². The molecule has 2 aromatic rings. The van der Waals surface area contributed by atoms with Gasteiger partial charge in [0.05, 0.1) is 5.52 Å². The SMILES string of the molecule is Cc1cc(C)c2c(N)c(C)ccc2n1. The van der Waals surface area contributed by atoms with Crippen LogP contribution in [-0.4, -0.2) is 4.98 Å². The van der Waals surface area contributed by atoms with Gasteiger partial charge in [-0.05, 0) is 44.0 Å². The molecule has 2 heteroatoms. The molecule has 0 aliphatic carbocycles. The second-order valence-electron chi connectivity index (χ2n) is 3.77. The number of benzene rings is 1. The third-order valence-electron chi connectivity index (χ3n) is 2.56. The van der Waals surface area contributed by atoms with Gasteiger partial charge in [-0.2, -0.15) is 0 Å². The van der Waals surface area contributed by atoms with Crippen LogP contribution in [0.3, 0.4) is 0 Å². The van der Waals surface area contributed by atoms with Gasteiger partial charge in [0.2, 0.25) is 0 Å². The van der Waals surface area contributed by atoms with Crippen molar-refractivity contribution < 1.29 is 0 Å². The molecule has 0 radical (unpaired) electrons. The molecule has 2 nitrogen and oxygen atoms in total. The van der Waals surface area contributed by atoms with E-state index in [-0.39, 0.29) is 0 Å². The molecule has 72 valence electrons. The fourth-order valence-corrected chi connectivity index (χ4v) is 1.83. The molecule has 1 aromatic carbocycles. The Hall–Kier alpha value is -1.57. The Labute approximate surface area is 83.8 Å². The number of anilines is 1. The van der Waals surface area contributed by atoms with E-state index in [0.29, 0.717) is 0 Å². The van der Waals surface area contributed by atoms with Crippen molar-refractivity contribution in [2.24, 2.45) is 0 Å². The molecule has 14 heavy (non-hydrogen) atoms. The monoisotopic (exact) mass is 186 g/mol. The highest BCUT2D eigenvalue weighted by Crippen LogP contribution is 2.26. The summed E-state index contributed by atoms with van der Waals surface area (Å²) in [7, 11) is 0. The molecule has 0 unspecified atom stereocenters. The van der Waals surface area contributed by atoms with Crippen molar-refractivity contribution in [1.82, 2.24) is 4.98 Å². The first kappa shape index (κ1) is 9.00. The summed E-state index contributed by atoms with van der Waals surface area (Å²) in [6.07, 6.45) is 0. The number of rotatable bonds is 0. The number of aryl methyl sites for hydroxylation is 3. The van der Waals surface area contributed by atoms with E-state index in [1.54, 1.807) is 0 Å². The second kappa shape index (κ2) is 2.98. The minimum Gasteiger partial charge on any atom is -0.398 e. The minimum atomic E-state index is 0.854. The lowest BCUT2D eigenvalue weighted by Gasteiger charge is -2.08. The second-order valence-corrected chi connectivity index (χ2v) is 3.77. The van der Waals surface area contributed by atoms with Crippen molar-refractivity contribution in [2.45, 2.75) is 20.8 Å². The van der Waals surface area contributed by atoms with Gasteiger partial charge in [0.15, 0.2) is 0 Å². The normalized spacial score (nSPS) is 10.8. The van der Waals surface area contributed by atoms with Gasteiger partial charge in [0.25, 0.3) is 0 Å². The van der Waals surface area contributed by atoms with E-state index in [9.17, 15) is 0 Å². The molecule has 0 atom stereocenters. The Kier molecular flexibility index (Phi) is 1.92. The molecule has 0 aliphatic heterocycles. The number of pyridine rings is 1. The molecule has 0 fully saturated rings.